The molecule has 1 aromatic carbocycles. The van der Waals surface area contributed by atoms with Crippen molar-refractivity contribution in [1.29, 1.82) is 0 Å². The van der Waals surface area contributed by atoms with E-state index in [0.717, 1.165) is 18.9 Å². The summed E-state index contributed by atoms with van der Waals surface area (Å²) in [4.78, 5) is 0. The Kier molecular flexibility index (Phi) is 4.92. The van der Waals surface area contributed by atoms with Gasteiger partial charge in [0.1, 0.15) is 5.82 Å². The molecule has 102 valence electrons. The van der Waals surface area contributed by atoms with Gasteiger partial charge in [0.15, 0.2) is 0 Å². The molecule has 0 amide bonds. The lowest BCUT2D eigenvalue weighted by molar-refractivity contribution is 0.463. The molecular formula is C11H18FN3O2S. The van der Waals surface area contributed by atoms with Crippen LogP contribution in [0.3, 0.4) is 0 Å². The number of nitrogens with one attached hydrogen (secondary N) is 1. The van der Waals surface area contributed by atoms with Gasteiger partial charge in [-0.1, -0.05) is 13.3 Å². The second-order valence-electron chi connectivity index (χ2n) is 4.02. The van der Waals surface area contributed by atoms with E-state index in [-0.39, 0.29) is 11.4 Å². The van der Waals surface area contributed by atoms with Gasteiger partial charge >= 0.3 is 10.2 Å². The average molecular weight is 275 g/mol. The molecule has 0 aliphatic carbocycles. The maximum absolute atomic E-state index is 12.9. The zero-order valence-electron chi connectivity index (χ0n) is 10.5. The van der Waals surface area contributed by atoms with Crippen LogP contribution in [0.2, 0.25) is 0 Å². The standard InChI is InChI=1S/C11H18FN3O2S/c1-3-4-7-15(2)18(16,17)14-9-5-6-10(12)11(13)8-9/h5-6,8,14H,3-4,7,13H2,1-2H3. The minimum atomic E-state index is -3.61. The molecule has 0 atom stereocenters. The first-order chi connectivity index (χ1) is 8.36. The van der Waals surface area contributed by atoms with Gasteiger partial charge in [-0.2, -0.15) is 12.7 Å². The Morgan fingerprint density at radius 2 is 2.11 bits per heavy atom. The molecule has 0 bridgehead atoms. The van der Waals surface area contributed by atoms with Crippen LogP contribution in [0.4, 0.5) is 15.8 Å². The van der Waals surface area contributed by atoms with E-state index >= 15 is 0 Å². The van der Waals surface area contributed by atoms with Gasteiger partial charge in [0.25, 0.3) is 0 Å². The lowest BCUT2D eigenvalue weighted by Gasteiger charge is -2.18. The van der Waals surface area contributed by atoms with E-state index in [1.165, 1.54) is 23.5 Å². The summed E-state index contributed by atoms with van der Waals surface area (Å²) in [5, 5.41) is 0. The van der Waals surface area contributed by atoms with Crippen molar-refractivity contribution in [2.75, 3.05) is 24.0 Å². The van der Waals surface area contributed by atoms with Gasteiger partial charge in [-0.15, -0.1) is 0 Å². The molecule has 1 rings (SSSR count). The van der Waals surface area contributed by atoms with Crippen LogP contribution in [0.1, 0.15) is 19.8 Å². The number of unbranched alkanes of at least 4 members (excludes halogenated alkanes) is 1. The van der Waals surface area contributed by atoms with Crippen LogP contribution in [0.25, 0.3) is 0 Å². The van der Waals surface area contributed by atoms with E-state index in [0.29, 0.717) is 6.54 Å². The molecule has 0 saturated carbocycles. The van der Waals surface area contributed by atoms with E-state index in [4.69, 9.17) is 5.73 Å². The average Bonchev–Trinajstić information content (AvgIpc) is 2.30. The second-order valence-corrected chi connectivity index (χ2v) is 5.80. The number of rotatable bonds is 6. The minimum absolute atomic E-state index is 0.0913. The fraction of sp³-hybridized carbons (Fsp3) is 0.455. The summed E-state index contributed by atoms with van der Waals surface area (Å²) in [7, 11) is -2.12. The molecular weight excluding hydrogens is 257 g/mol. The number of nitrogens with zero attached hydrogens (tertiary/aromatic N) is 1. The number of anilines is 2. The van der Waals surface area contributed by atoms with Crippen molar-refractivity contribution in [2.24, 2.45) is 0 Å². The predicted octanol–water partition coefficient (Wildman–Crippen LogP) is 1.80. The highest BCUT2D eigenvalue weighted by molar-refractivity contribution is 7.90. The number of halogens is 1. The second kappa shape index (κ2) is 6.01. The highest BCUT2D eigenvalue weighted by Gasteiger charge is 2.17. The monoisotopic (exact) mass is 275 g/mol. The molecule has 7 heteroatoms. The van der Waals surface area contributed by atoms with E-state index in [9.17, 15) is 12.8 Å². The van der Waals surface area contributed by atoms with Crippen molar-refractivity contribution in [3.63, 3.8) is 0 Å². The zero-order chi connectivity index (χ0) is 13.8. The molecule has 0 heterocycles. The molecule has 0 fully saturated rings. The molecule has 5 nitrogen and oxygen atoms in total. The smallest absolute Gasteiger partial charge is 0.301 e. The minimum Gasteiger partial charge on any atom is -0.396 e. The van der Waals surface area contributed by atoms with Gasteiger partial charge in [-0.25, -0.2) is 4.39 Å². The van der Waals surface area contributed by atoms with Crippen molar-refractivity contribution in [2.45, 2.75) is 19.8 Å². The molecule has 0 aliphatic heterocycles. The van der Waals surface area contributed by atoms with Crippen molar-refractivity contribution in [3.8, 4) is 0 Å². The van der Waals surface area contributed by atoms with Crippen LogP contribution in [-0.2, 0) is 10.2 Å². The summed E-state index contributed by atoms with van der Waals surface area (Å²) in [6.45, 7) is 2.41. The Balaban J connectivity index is 2.78. The Labute approximate surface area is 107 Å². The Morgan fingerprint density at radius 1 is 1.44 bits per heavy atom. The largest absolute Gasteiger partial charge is 0.396 e. The van der Waals surface area contributed by atoms with Crippen molar-refractivity contribution in [3.05, 3.63) is 24.0 Å². The van der Waals surface area contributed by atoms with Crippen molar-refractivity contribution >= 4 is 21.6 Å². The topological polar surface area (TPSA) is 75.4 Å². The lowest BCUT2D eigenvalue weighted by atomic mass is 10.3. The number of nitrogen functional groups attached to an aromatic ring is 1. The highest BCUT2D eigenvalue weighted by atomic mass is 32.2. The predicted molar refractivity (Wildman–Crippen MR) is 70.9 cm³/mol. The van der Waals surface area contributed by atoms with Crippen molar-refractivity contribution < 1.29 is 12.8 Å². The summed E-state index contributed by atoms with van der Waals surface area (Å²) in [5.74, 6) is -0.572. The number of benzene rings is 1. The Morgan fingerprint density at radius 3 is 2.67 bits per heavy atom. The van der Waals surface area contributed by atoms with E-state index in [1.54, 1.807) is 0 Å². The van der Waals surface area contributed by atoms with E-state index in [1.807, 2.05) is 6.92 Å². The molecule has 0 unspecified atom stereocenters. The third-order valence-electron chi connectivity index (χ3n) is 2.48. The quantitative estimate of drug-likeness (QED) is 0.777. The van der Waals surface area contributed by atoms with Crippen LogP contribution in [0, 0.1) is 5.82 Å². The van der Waals surface area contributed by atoms with Crippen LogP contribution < -0.4 is 10.5 Å². The molecule has 3 N–H and O–H groups in total. The molecule has 0 aromatic heterocycles. The highest BCUT2D eigenvalue weighted by Crippen LogP contribution is 2.18. The van der Waals surface area contributed by atoms with E-state index in [2.05, 4.69) is 4.72 Å². The molecule has 0 radical (unpaired) electrons. The summed E-state index contributed by atoms with van der Waals surface area (Å²) < 4.78 is 40.3. The van der Waals surface area contributed by atoms with Crippen LogP contribution >= 0.6 is 0 Å². The molecule has 18 heavy (non-hydrogen) atoms. The third-order valence-corrected chi connectivity index (χ3v) is 3.98. The fourth-order valence-electron chi connectivity index (χ4n) is 1.34. The first-order valence-electron chi connectivity index (χ1n) is 5.66. The Hall–Kier alpha value is -1.34. The fourth-order valence-corrected chi connectivity index (χ4v) is 2.29. The van der Waals surface area contributed by atoms with Crippen LogP contribution in [0.15, 0.2) is 18.2 Å². The van der Waals surface area contributed by atoms with Crippen LogP contribution in [-0.4, -0.2) is 26.3 Å². The Bertz CT molecular complexity index is 505. The maximum atomic E-state index is 12.9. The molecule has 1 aromatic rings. The van der Waals surface area contributed by atoms with Gasteiger partial charge in [-0.05, 0) is 24.6 Å². The van der Waals surface area contributed by atoms with Gasteiger partial charge in [-0.3, -0.25) is 4.72 Å². The SMILES string of the molecule is CCCCN(C)S(=O)(=O)Nc1ccc(F)c(N)c1. The third kappa shape index (κ3) is 3.85. The van der Waals surface area contributed by atoms with E-state index < -0.39 is 16.0 Å². The number of hydrogen-bond donors (Lipinski definition) is 2. The normalized spacial score (nSPS) is 11.8. The van der Waals surface area contributed by atoms with Crippen LogP contribution in [0.5, 0.6) is 0 Å². The summed E-state index contributed by atoms with van der Waals surface area (Å²) in [5.41, 5.74) is 5.53. The molecule has 0 saturated heterocycles. The number of hydrogen-bond acceptors (Lipinski definition) is 3. The zero-order valence-corrected chi connectivity index (χ0v) is 11.3. The van der Waals surface area contributed by atoms with Gasteiger partial charge < -0.3 is 5.73 Å². The lowest BCUT2D eigenvalue weighted by Crippen LogP contribution is -2.33. The van der Waals surface area contributed by atoms with Gasteiger partial charge in [0, 0.05) is 13.6 Å². The summed E-state index contributed by atoms with van der Waals surface area (Å²) in [6.07, 6.45) is 1.69. The molecule has 0 aliphatic rings. The first-order valence-corrected chi connectivity index (χ1v) is 7.10. The molecule has 0 spiro atoms. The van der Waals surface area contributed by atoms with Gasteiger partial charge in [0.2, 0.25) is 0 Å². The summed E-state index contributed by atoms with van der Waals surface area (Å²) in [6, 6.07) is 3.71. The van der Waals surface area contributed by atoms with Gasteiger partial charge in [0.05, 0.1) is 11.4 Å². The maximum Gasteiger partial charge on any atom is 0.301 e. The number of nitrogens with two attached hydrogens (primary N) is 1. The van der Waals surface area contributed by atoms with Crippen molar-refractivity contribution in [1.82, 2.24) is 4.31 Å². The summed E-state index contributed by atoms with van der Waals surface area (Å²) >= 11 is 0. The first kappa shape index (κ1) is 14.7.